The number of amides is 3. The number of primary amides is 1. The van der Waals surface area contributed by atoms with Crippen molar-refractivity contribution in [1.29, 1.82) is 0 Å². The summed E-state index contributed by atoms with van der Waals surface area (Å²) >= 11 is 0. The summed E-state index contributed by atoms with van der Waals surface area (Å²) in [5.41, 5.74) is 6.94. The largest absolute Gasteiger partial charge is 0.504 e. The number of carbonyl (C=O) groups excluding carboxylic acids is 3. The Morgan fingerprint density at radius 3 is 2.44 bits per heavy atom. The average Bonchev–Trinajstić information content (AvgIpc) is 2.91. The predicted octanol–water partition coefficient (Wildman–Crippen LogP) is 0.874. The van der Waals surface area contributed by atoms with Crippen molar-refractivity contribution in [2.45, 2.75) is 37.3 Å². The van der Waals surface area contributed by atoms with E-state index in [2.05, 4.69) is 0 Å². The number of urea groups is 1. The van der Waals surface area contributed by atoms with Crippen LogP contribution in [0.3, 0.4) is 0 Å². The van der Waals surface area contributed by atoms with Gasteiger partial charge in [0, 0.05) is 16.3 Å². The number of imide groups is 1. The number of aliphatic hydroxyl groups is 3. The Morgan fingerprint density at radius 2 is 1.72 bits per heavy atom. The van der Waals surface area contributed by atoms with Gasteiger partial charge in [-0.05, 0) is 23.3 Å². The van der Waals surface area contributed by atoms with E-state index in [1.54, 1.807) is 17.4 Å². The van der Waals surface area contributed by atoms with Crippen molar-refractivity contribution in [2.24, 2.45) is 5.73 Å². The van der Waals surface area contributed by atoms with Crippen molar-refractivity contribution in [2.75, 3.05) is 6.61 Å². The molecule has 13 nitrogen and oxygen atoms in total. The summed E-state index contributed by atoms with van der Waals surface area (Å²) in [7, 11) is 0. The van der Waals surface area contributed by atoms with Gasteiger partial charge in [-0.3, -0.25) is 0 Å². The second-order valence-electron chi connectivity index (χ2n) is 8.96. The zero-order valence-electron chi connectivity index (χ0n) is 20.1. The van der Waals surface area contributed by atoms with Crippen LogP contribution in [-0.4, -0.2) is 75.8 Å². The monoisotopic (exact) mass is 540 g/mol. The standard InChI is InChI=1S/C26H24N2O11/c27-25(34)28-26(35)37-10-16-19(30)20(31)21(32)24(38-16)39-22-15(29)8-12-9-36-23(33)14-7-6-13(18(22)17(12)14)11-4-2-1-3-5-11/h1-8,16,19-21,24,29-32H,9-10H2,(H3,27,28,34,35)/t16-,19-,20+,21-,24+/m1/s1. The van der Waals surface area contributed by atoms with E-state index in [0.717, 1.165) is 5.56 Å². The second-order valence-corrected chi connectivity index (χ2v) is 8.96. The molecule has 39 heavy (non-hydrogen) atoms. The molecule has 5 rings (SSSR count). The van der Waals surface area contributed by atoms with Crippen LogP contribution >= 0.6 is 0 Å². The van der Waals surface area contributed by atoms with E-state index in [-0.39, 0.29) is 23.7 Å². The maximum absolute atomic E-state index is 12.5. The SMILES string of the molecule is NC(=O)NC(=O)OC[C@H]1O[C@@H](Oc2c(O)cc3c4c(ccc(-c5ccccc5)c24)C(=O)OC3)[C@H](O)[C@@H](O)[C@@H]1O. The van der Waals surface area contributed by atoms with Gasteiger partial charge in [0.25, 0.3) is 0 Å². The zero-order chi connectivity index (χ0) is 27.8. The first-order chi connectivity index (χ1) is 18.7. The first kappa shape index (κ1) is 26.2. The average molecular weight is 540 g/mol. The Labute approximate surface area is 220 Å². The van der Waals surface area contributed by atoms with Crippen molar-refractivity contribution in [3.8, 4) is 22.6 Å². The Hall–Kier alpha value is -4.43. The van der Waals surface area contributed by atoms with Crippen LogP contribution in [0.5, 0.6) is 11.5 Å². The fourth-order valence-electron chi connectivity index (χ4n) is 4.65. The highest BCUT2D eigenvalue weighted by molar-refractivity contribution is 6.14. The molecule has 2 aliphatic rings. The number of phenols is 1. The zero-order valence-corrected chi connectivity index (χ0v) is 20.1. The molecule has 0 unspecified atom stereocenters. The molecule has 3 aromatic carbocycles. The Morgan fingerprint density at radius 1 is 1.00 bits per heavy atom. The lowest BCUT2D eigenvalue weighted by atomic mass is 9.90. The quantitative estimate of drug-likeness (QED) is 0.250. The topological polar surface area (TPSA) is 207 Å². The molecule has 0 spiro atoms. The molecule has 3 aromatic rings. The van der Waals surface area contributed by atoms with Crippen LogP contribution < -0.4 is 15.8 Å². The first-order valence-electron chi connectivity index (χ1n) is 11.8. The van der Waals surface area contributed by atoms with Crippen molar-refractivity contribution in [1.82, 2.24) is 5.32 Å². The normalized spacial score (nSPS) is 24.1. The van der Waals surface area contributed by atoms with Crippen LogP contribution in [0.15, 0.2) is 48.5 Å². The summed E-state index contributed by atoms with van der Waals surface area (Å²) in [6, 6.07) is 12.6. The van der Waals surface area contributed by atoms with Gasteiger partial charge in [-0.15, -0.1) is 0 Å². The molecule has 3 amide bonds. The molecular formula is C26H24N2O11. The minimum atomic E-state index is -1.80. The van der Waals surface area contributed by atoms with E-state index in [9.17, 15) is 34.8 Å². The number of rotatable bonds is 5. The molecule has 204 valence electrons. The molecule has 5 atom stereocenters. The number of phenolic OH excluding ortho intramolecular Hbond substituents is 1. The number of nitrogens with one attached hydrogen (secondary N) is 1. The van der Waals surface area contributed by atoms with Crippen molar-refractivity contribution in [3.63, 3.8) is 0 Å². The summed E-state index contributed by atoms with van der Waals surface area (Å²) in [6.07, 6.45) is -9.61. The van der Waals surface area contributed by atoms with Crippen LogP contribution in [0, 0.1) is 0 Å². The van der Waals surface area contributed by atoms with Crippen molar-refractivity contribution < 1.29 is 53.8 Å². The van der Waals surface area contributed by atoms with E-state index in [4.69, 9.17) is 24.7 Å². The number of aromatic hydroxyl groups is 1. The molecule has 1 saturated heterocycles. The van der Waals surface area contributed by atoms with Crippen LogP contribution in [0.2, 0.25) is 0 Å². The van der Waals surface area contributed by atoms with Gasteiger partial charge in [0.05, 0.1) is 5.56 Å². The number of carbonyl (C=O) groups is 3. The van der Waals surface area contributed by atoms with Crippen LogP contribution in [0.25, 0.3) is 21.9 Å². The number of hydrogen-bond acceptors (Lipinski definition) is 11. The van der Waals surface area contributed by atoms with E-state index in [1.165, 1.54) is 6.07 Å². The molecule has 0 saturated carbocycles. The number of ether oxygens (including phenoxy) is 4. The van der Waals surface area contributed by atoms with Gasteiger partial charge in [0.15, 0.2) is 11.5 Å². The lowest BCUT2D eigenvalue weighted by Crippen LogP contribution is -2.60. The molecule has 7 N–H and O–H groups in total. The molecule has 0 radical (unpaired) electrons. The molecule has 2 aliphatic heterocycles. The van der Waals surface area contributed by atoms with Crippen molar-refractivity contribution >= 4 is 28.9 Å². The van der Waals surface area contributed by atoms with Gasteiger partial charge in [-0.2, -0.15) is 0 Å². The summed E-state index contributed by atoms with van der Waals surface area (Å²) in [6.45, 7) is -0.741. The van der Waals surface area contributed by atoms with Gasteiger partial charge < -0.3 is 45.1 Å². The van der Waals surface area contributed by atoms with Crippen LogP contribution in [0.1, 0.15) is 15.9 Å². The van der Waals surface area contributed by atoms with Crippen molar-refractivity contribution in [3.05, 3.63) is 59.7 Å². The number of benzene rings is 3. The Balaban J connectivity index is 1.55. The lowest BCUT2D eigenvalue weighted by molar-refractivity contribution is -0.277. The first-order valence-corrected chi connectivity index (χ1v) is 11.8. The Kier molecular flexibility index (Phi) is 6.97. The molecule has 1 fully saturated rings. The fraction of sp³-hybridized carbons (Fsp3) is 0.269. The highest BCUT2D eigenvalue weighted by Gasteiger charge is 2.46. The maximum atomic E-state index is 12.5. The highest BCUT2D eigenvalue weighted by Crippen LogP contribution is 2.46. The minimum Gasteiger partial charge on any atom is -0.504 e. The van der Waals surface area contributed by atoms with Gasteiger partial charge in [-0.1, -0.05) is 36.4 Å². The summed E-state index contributed by atoms with van der Waals surface area (Å²) in [5.74, 6) is -1.10. The molecule has 0 aliphatic carbocycles. The van der Waals surface area contributed by atoms with Gasteiger partial charge >= 0.3 is 18.1 Å². The molecule has 0 bridgehead atoms. The molecule has 13 heteroatoms. The van der Waals surface area contributed by atoms with Crippen LogP contribution in [-0.2, 0) is 20.8 Å². The summed E-state index contributed by atoms with van der Waals surface area (Å²) in [5, 5.41) is 44.9. The van der Waals surface area contributed by atoms with Gasteiger partial charge in [-0.25, -0.2) is 19.7 Å². The third-order valence-corrected chi connectivity index (χ3v) is 6.47. The number of alkyl carbamates (subject to hydrolysis) is 1. The summed E-state index contributed by atoms with van der Waals surface area (Å²) in [4.78, 5) is 35.0. The van der Waals surface area contributed by atoms with E-state index in [0.29, 0.717) is 21.9 Å². The number of esters is 1. The number of aliphatic hydroxyl groups excluding tert-OH is 3. The summed E-state index contributed by atoms with van der Waals surface area (Å²) < 4.78 is 21.6. The fourth-order valence-corrected chi connectivity index (χ4v) is 4.65. The molecule has 0 aromatic heterocycles. The number of nitrogens with two attached hydrogens (primary N) is 1. The minimum absolute atomic E-state index is 0.0886. The van der Waals surface area contributed by atoms with E-state index in [1.807, 2.05) is 30.3 Å². The van der Waals surface area contributed by atoms with E-state index < -0.39 is 55.4 Å². The predicted molar refractivity (Wildman–Crippen MR) is 132 cm³/mol. The Bertz CT molecular complexity index is 1450. The second kappa shape index (κ2) is 10.4. The highest BCUT2D eigenvalue weighted by atomic mass is 16.7. The van der Waals surface area contributed by atoms with Gasteiger partial charge in [0.1, 0.15) is 37.6 Å². The number of cyclic esters (lactones) is 1. The third-order valence-electron chi connectivity index (χ3n) is 6.47. The molecular weight excluding hydrogens is 516 g/mol. The lowest BCUT2D eigenvalue weighted by Gasteiger charge is -2.40. The number of hydrogen-bond donors (Lipinski definition) is 6. The third kappa shape index (κ3) is 4.91. The molecule has 2 heterocycles. The van der Waals surface area contributed by atoms with Crippen LogP contribution in [0.4, 0.5) is 9.59 Å². The maximum Gasteiger partial charge on any atom is 0.415 e. The van der Waals surface area contributed by atoms with E-state index >= 15 is 0 Å². The smallest absolute Gasteiger partial charge is 0.415 e. The van der Waals surface area contributed by atoms with Gasteiger partial charge in [0.2, 0.25) is 6.29 Å².